The molecule has 0 unspecified atom stereocenters. The van der Waals surface area contributed by atoms with Crippen LogP contribution in [0, 0.1) is 11.8 Å². The molecule has 0 nitrogen and oxygen atoms in total. The average Bonchev–Trinajstić information content (AvgIpc) is 2.90. The molecule has 0 radical (unpaired) electrons. The fraction of sp³-hybridized carbons (Fsp3) is 0.412. The quantitative estimate of drug-likeness (QED) is 0.270. The number of benzene rings is 3. The standard InChI is InChI=1S/C34H42/c1-3-4-6-9-28-18-22-33(23-19-28)34-24-20-30(21-25-34)13-12-29-14-16-31(17-15-29)26-27(2)32-10-7-5-8-11-32/h3-5,7-8,10-11,18-25,27,29,31H,6,9,12-17,26H2,1-2H3/b4-3+/t27-,29?,31?/m0/s1. The Kier molecular flexibility index (Phi) is 9.19. The fourth-order valence-corrected chi connectivity index (χ4v) is 5.69. The van der Waals surface area contributed by atoms with Crippen molar-refractivity contribution in [3.63, 3.8) is 0 Å². The van der Waals surface area contributed by atoms with Crippen molar-refractivity contribution < 1.29 is 0 Å². The molecule has 0 amide bonds. The summed E-state index contributed by atoms with van der Waals surface area (Å²) >= 11 is 0. The third-order valence-electron chi connectivity index (χ3n) is 7.94. The first-order chi connectivity index (χ1) is 16.7. The molecular weight excluding hydrogens is 408 g/mol. The van der Waals surface area contributed by atoms with Crippen LogP contribution in [0.3, 0.4) is 0 Å². The molecule has 0 spiro atoms. The number of aryl methyl sites for hydroxylation is 2. The van der Waals surface area contributed by atoms with Crippen LogP contribution in [0.2, 0.25) is 0 Å². The van der Waals surface area contributed by atoms with Gasteiger partial charge in [0.15, 0.2) is 0 Å². The van der Waals surface area contributed by atoms with Crippen LogP contribution in [0.25, 0.3) is 11.1 Å². The molecule has 1 aliphatic carbocycles. The van der Waals surface area contributed by atoms with Gasteiger partial charge in [0.25, 0.3) is 0 Å². The van der Waals surface area contributed by atoms with Gasteiger partial charge in [0.1, 0.15) is 0 Å². The van der Waals surface area contributed by atoms with Crippen LogP contribution in [-0.2, 0) is 12.8 Å². The van der Waals surface area contributed by atoms with Gasteiger partial charge in [0.05, 0.1) is 0 Å². The van der Waals surface area contributed by atoms with Crippen molar-refractivity contribution in [3.05, 3.63) is 108 Å². The number of allylic oxidation sites excluding steroid dienone is 2. The van der Waals surface area contributed by atoms with Crippen molar-refractivity contribution in [2.24, 2.45) is 11.8 Å². The van der Waals surface area contributed by atoms with Crippen LogP contribution in [0.1, 0.15) is 81.4 Å². The van der Waals surface area contributed by atoms with E-state index < -0.39 is 0 Å². The molecule has 0 aliphatic heterocycles. The van der Waals surface area contributed by atoms with E-state index in [9.17, 15) is 0 Å². The third-order valence-corrected chi connectivity index (χ3v) is 7.94. The second-order valence-corrected chi connectivity index (χ2v) is 10.5. The van der Waals surface area contributed by atoms with Crippen LogP contribution in [0.15, 0.2) is 91.0 Å². The van der Waals surface area contributed by atoms with E-state index in [4.69, 9.17) is 0 Å². The molecule has 0 aromatic heterocycles. The van der Waals surface area contributed by atoms with Crippen LogP contribution in [0.5, 0.6) is 0 Å². The minimum absolute atomic E-state index is 0.690. The Morgan fingerprint density at radius 2 is 1.26 bits per heavy atom. The second kappa shape index (κ2) is 12.7. The minimum Gasteiger partial charge on any atom is -0.0917 e. The zero-order valence-corrected chi connectivity index (χ0v) is 21.3. The fourth-order valence-electron chi connectivity index (χ4n) is 5.69. The molecule has 0 heterocycles. The predicted octanol–water partition coefficient (Wildman–Crippen LogP) is 9.80. The van der Waals surface area contributed by atoms with E-state index in [-0.39, 0.29) is 0 Å². The Bertz CT molecular complexity index is 986. The van der Waals surface area contributed by atoms with Crippen molar-refractivity contribution in [1.29, 1.82) is 0 Å². The highest BCUT2D eigenvalue weighted by Gasteiger charge is 2.23. The molecule has 0 N–H and O–H groups in total. The normalized spacial score (nSPS) is 19.4. The summed E-state index contributed by atoms with van der Waals surface area (Å²) in [7, 11) is 0. The summed E-state index contributed by atoms with van der Waals surface area (Å²) in [5.74, 6) is 2.52. The average molecular weight is 451 g/mol. The maximum atomic E-state index is 2.41. The van der Waals surface area contributed by atoms with Crippen LogP contribution in [0.4, 0.5) is 0 Å². The third kappa shape index (κ3) is 7.20. The molecule has 1 saturated carbocycles. The highest BCUT2D eigenvalue weighted by atomic mass is 14.3. The molecule has 0 saturated heterocycles. The van der Waals surface area contributed by atoms with E-state index >= 15 is 0 Å². The lowest BCUT2D eigenvalue weighted by Gasteiger charge is -2.30. The number of hydrogen-bond acceptors (Lipinski definition) is 0. The topological polar surface area (TPSA) is 0 Å². The van der Waals surface area contributed by atoms with Crippen molar-refractivity contribution in [1.82, 2.24) is 0 Å². The lowest BCUT2D eigenvalue weighted by Crippen LogP contribution is -2.16. The van der Waals surface area contributed by atoms with E-state index in [0.29, 0.717) is 5.92 Å². The lowest BCUT2D eigenvalue weighted by molar-refractivity contribution is 0.245. The summed E-state index contributed by atoms with van der Waals surface area (Å²) in [4.78, 5) is 0. The van der Waals surface area contributed by atoms with Gasteiger partial charge in [-0.3, -0.25) is 0 Å². The van der Waals surface area contributed by atoms with Crippen LogP contribution < -0.4 is 0 Å². The van der Waals surface area contributed by atoms with E-state index in [0.717, 1.165) is 24.7 Å². The van der Waals surface area contributed by atoms with Crippen molar-refractivity contribution in [2.75, 3.05) is 0 Å². The monoisotopic (exact) mass is 450 g/mol. The summed E-state index contributed by atoms with van der Waals surface area (Å²) in [6, 6.07) is 29.5. The molecule has 178 valence electrons. The van der Waals surface area contributed by atoms with E-state index in [2.05, 4.69) is 105 Å². The molecule has 1 aliphatic rings. The number of rotatable bonds is 10. The van der Waals surface area contributed by atoms with Gasteiger partial charge in [-0.05, 0) is 84.6 Å². The SMILES string of the molecule is C/C=C/CCc1ccc(-c2ccc(CCC3CCC(C[C@H](C)c4ccccc4)CC3)cc2)cc1. The molecule has 34 heavy (non-hydrogen) atoms. The first-order valence-corrected chi connectivity index (χ1v) is 13.6. The van der Waals surface area contributed by atoms with E-state index in [1.807, 2.05) is 0 Å². The minimum atomic E-state index is 0.690. The molecule has 0 bridgehead atoms. The van der Waals surface area contributed by atoms with Gasteiger partial charge >= 0.3 is 0 Å². The molecule has 4 rings (SSSR count). The Morgan fingerprint density at radius 3 is 1.85 bits per heavy atom. The zero-order valence-electron chi connectivity index (χ0n) is 21.3. The van der Waals surface area contributed by atoms with Gasteiger partial charge < -0.3 is 0 Å². The molecule has 0 heteroatoms. The van der Waals surface area contributed by atoms with Crippen LogP contribution >= 0.6 is 0 Å². The summed E-state index contributed by atoms with van der Waals surface area (Å²) in [5.41, 5.74) is 7.07. The first-order valence-electron chi connectivity index (χ1n) is 13.6. The molecule has 3 aromatic carbocycles. The Balaban J connectivity index is 1.20. The van der Waals surface area contributed by atoms with Crippen molar-refractivity contribution >= 4 is 0 Å². The lowest BCUT2D eigenvalue weighted by atomic mass is 9.75. The van der Waals surface area contributed by atoms with Crippen molar-refractivity contribution in [3.8, 4) is 11.1 Å². The van der Waals surface area contributed by atoms with E-state index in [1.54, 1.807) is 0 Å². The van der Waals surface area contributed by atoms with Crippen molar-refractivity contribution in [2.45, 2.75) is 77.6 Å². The largest absolute Gasteiger partial charge is 0.0917 e. The van der Waals surface area contributed by atoms with Gasteiger partial charge in [-0.2, -0.15) is 0 Å². The molecular formula is C34H42. The summed E-state index contributed by atoms with van der Waals surface area (Å²) < 4.78 is 0. The molecule has 1 atom stereocenters. The smallest absolute Gasteiger partial charge is 0.0184 e. The highest BCUT2D eigenvalue weighted by molar-refractivity contribution is 5.64. The molecule has 3 aromatic rings. The second-order valence-electron chi connectivity index (χ2n) is 10.5. The number of hydrogen-bond donors (Lipinski definition) is 0. The van der Waals surface area contributed by atoms with Gasteiger partial charge in [0, 0.05) is 0 Å². The predicted molar refractivity (Wildman–Crippen MR) is 148 cm³/mol. The van der Waals surface area contributed by atoms with Gasteiger partial charge in [-0.1, -0.05) is 124 Å². The van der Waals surface area contributed by atoms with Gasteiger partial charge in [-0.15, -0.1) is 0 Å². The summed E-state index contributed by atoms with van der Waals surface area (Å²) in [6.07, 6.45) is 16.2. The zero-order chi connectivity index (χ0) is 23.6. The van der Waals surface area contributed by atoms with E-state index in [1.165, 1.54) is 72.8 Å². The summed E-state index contributed by atoms with van der Waals surface area (Å²) in [5, 5.41) is 0. The van der Waals surface area contributed by atoms with Gasteiger partial charge in [-0.25, -0.2) is 0 Å². The first kappa shape index (κ1) is 24.5. The Labute approximate surface area is 208 Å². The van der Waals surface area contributed by atoms with Gasteiger partial charge in [0.2, 0.25) is 0 Å². The highest BCUT2D eigenvalue weighted by Crippen LogP contribution is 2.37. The van der Waals surface area contributed by atoms with Crippen LogP contribution in [-0.4, -0.2) is 0 Å². The Hall–Kier alpha value is -2.60. The Morgan fingerprint density at radius 1 is 0.706 bits per heavy atom. The maximum absolute atomic E-state index is 2.41. The molecule has 1 fully saturated rings. The summed E-state index contributed by atoms with van der Waals surface area (Å²) in [6.45, 7) is 4.50. The maximum Gasteiger partial charge on any atom is -0.0184 e.